The molecule has 0 radical (unpaired) electrons. The summed E-state index contributed by atoms with van der Waals surface area (Å²) in [6.45, 7) is 0. The summed E-state index contributed by atoms with van der Waals surface area (Å²) in [5, 5.41) is 1.04. The van der Waals surface area contributed by atoms with Gasteiger partial charge in [0.15, 0.2) is 17.5 Å². The number of rotatable bonds is 5. The van der Waals surface area contributed by atoms with E-state index in [-0.39, 0.29) is 12.0 Å². The van der Waals surface area contributed by atoms with E-state index in [4.69, 9.17) is 19.4 Å². The van der Waals surface area contributed by atoms with Crippen LogP contribution >= 0.6 is 0 Å². The van der Waals surface area contributed by atoms with Gasteiger partial charge in [0.25, 0.3) is 0 Å². The van der Waals surface area contributed by atoms with Gasteiger partial charge < -0.3 is 9.32 Å². The summed E-state index contributed by atoms with van der Waals surface area (Å²) < 4.78 is 6.76. The Morgan fingerprint density at radius 3 is 1.74 bits per heavy atom. The maximum Gasteiger partial charge on any atom is 0.165 e. The molecule has 50 heavy (non-hydrogen) atoms. The number of fused-ring (bicyclic) bond motifs is 7. The first-order chi connectivity index (χ1) is 24.8. The normalized spacial score (nSPS) is 15.9. The monoisotopic (exact) mass is 642 g/mol. The topological polar surface area (TPSA) is 55.1 Å². The Morgan fingerprint density at radius 1 is 0.520 bits per heavy atom. The van der Waals surface area contributed by atoms with Crippen molar-refractivity contribution in [1.29, 1.82) is 0 Å². The lowest BCUT2D eigenvalue weighted by Gasteiger charge is -2.30. The zero-order valence-corrected chi connectivity index (χ0v) is 27.0. The number of aromatic nitrogens is 3. The predicted octanol–water partition coefficient (Wildman–Crippen LogP) is 11.0. The Bertz CT molecular complexity index is 2490. The summed E-state index contributed by atoms with van der Waals surface area (Å²) in [5.74, 6) is 2.77. The molecular formula is C45H30N4O. The van der Waals surface area contributed by atoms with Gasteiger partial charge >= 0.3 is 0 Å². The highest BCUT2D eigenvalue weighted by molar-refractivity contribution is 6.05. The lowest BCUT2D eigenvalue weighted by Crippen LogP contribution is -2.30. The molecule has 2 unspecified atom stereocenters. The fraction of sp³-hybridized carbons (Fsp3) is 0.0444. The third-order valence-electron chi connectivity index (χ3n) is 9.89. The van der Waals surface area contributed by atoms with Crippen molar-refractivity contribution < 1.29 is 4.42 Å². The van der Waals surface area contributed by atoms with E-state index in [1.165, 1.54) is 11.3 Å². The number of hydrogen-bond donors (Lipinski definition) is 0. The molecule has 10 rings (SSSR count). The van der Waals surface area contributed by atoms with Crippen LogP contribution in [0.15, 0.2) is 168 Å². The molecule has 5 heteroatoms. The first kappa shape index (κ1) is 28.4. The van der Waals surface area contributed by atoms with Crippen LogP contribution in [0.4, 0.5) is 11.4 Å². The smallest absolute Gasteiger partial charge is 0.165 e. The van der Waals surface area contributed by atoms with Crippen LogP contribution in [0, 0.1) is 0 Å². The number of anilines is 2. The van der Waals surface area contributed by atoms with Crippen molar-refractivity contribution >= 4 is 28.4 Å². The van der Waals surface area contributed by atoms with E-state index in [1.54, 1.807) is 0 Å². The summed E-state index contributed by atoms with van der Waals surface area (Å²) in [5.41, 5.74) is 10.6. The van der Waals surface area contributed by atoms with Crippen molar-refractivity contribution in [1.82, 2.24) is 15.0 Å². The van der Waals surface area contributed by atoms with Crippen LogP contribution in [0.1, 0.15) is 22.8 Å². The molecule has 236 valence electrons. The third kappa shape index (κ3) is 4.51. The van der Waals surface area contributed by atoms with Crippen molar-refractivity contribution in [3.8, 4) is 45.3 Å². The van der Waals surface area contributed by atoms with E-state index in [1.807, 2.05) is 42.5 Å². The molecule has 1 aliphatic heterocycles. The summed E-state index contributed by atoms with van der Waals surface area (Å²) in [4.78, 5) is 18.0. The number of benzene rings is 6. The molecule has 2 aliphatic rings. The second kappa shape index (κ2) is 11.5. The van der Waals surface area contributed by atoms with Crippen LogP contribution < -0.4 is 4.90 Å². The van der Waals surface area contributed by atoms with E-state index in [2.05, 4.69) is 132 Å². The van der Waals surface area contributed by atoms with Gasteiger partial charge in [0.2, 0.25) is 0 Å². The lowest BCUT2D eigenvalue weighted by atomic mass is 9.81. The Balaban J connectivity index is 1.29. The zero-order valence-electron chi connectivity index (χ0n) is 27.0. The molecule has 2 aromatic heterocycles. The van der Waals surface area contributed by atoms with Crippen molar-refractivity contribution in [3.05, 3.63) is 181 Å². The highest BCUT2D eigenvalue weighted by Crippen LogP contribution is 2.55. The molecule has 0 saturated heterocycles. The average Bonchev–Trinajstić information content (AvgIpc) is 3.74. The second-order valence-electron chi connectivity index (χ2n) is 12.7. The predicted molar refractivity (Wildman–Crippen MR) is 201 cm³/mol. The fourth-order valence-corrected chi connectivity index (χ4v) is 7.75. The number of furan rings is 1. The van der Waals surface area contributed by atoms with Crippen LogP contribution in [0.5, 0.6) is 0 Å². The summed E-state index contributed by atoms with van der Waals surface area (Å²) >= 11 is 0. The van der Waals surface area contributed by atoms with Gasteiger partial charge in [-0.3, -0.25) is 0 Å². The largest absolute Gasteiger partial charge is 0.456 e. The summed E-state index contributed by atoms with van der Waals surface area (Å²) in [7, 11) is 0. The van der Waals surface area contributed by atoms with Gasteiger partial charge in [-0.25, -0.2) is 15.0 Å². The first-order valence-corrected chi connectivity index (χ1v) is 17.0. The minimum absolute atomic E-state index is 0.0291. The number of para-hydroxylation sites is 2. The molecule has 0 fully saturated rings. The molecular weight excluding hydrogens is 613 g/mol. The Kier molecular flexibility index (Phi) is 6.56. The SMILES string of the molecule is C1=CC2C(c3ccccc3N2c2ccccc2)c2c1oc1ccc(-c3ccccc3)c(-c3nc(-c4ccccc4)nc(-c4ccccc4)n3)c21. The van der Waals surface area contributed by atoms with Crippen LogP contribution in [-0.4, -0.2) is 21.0 Å². The summed E-state index contributed by atoms with van der Waals surface area (Å²) in [6.07, 6.45) is 4.45. The Morgan fingerprint density at radius 2 is 1.08 bits per heavy atom. The average molecular weight is 643 g/mol. The highest BCUT2D eigenvalue weighted by Gasteiger charge is 2.44. The number of hydrogen-bond acceptors (Lipinski definition) is 5. The molecule has 6 aromatic carbocycles. The third-order valence-corrected chi connectivity index (χ3v) is 9.89. The zero-order chi connectivity index (χ0) is 33.0. The lowest BCUT2D eigenvalue weighted by molar-refractivity contribution is 0.584. The summed E-state index contributed by atoms with van der Waals surface area (Å²) in [6, 6.07) is 54.6. The Hall–Kier alpha value is -6.59. The van der Waals surface area contributed by atoms with Crippen molar-refractivity contribution in [2.45, 2.75) is 12.0 Å². The van der Waals surface area contributed by atoms with Gasteiger partial charge in [0.05, 0.1) is 6.04 Å². The van der Waals surface area contributed by atoms with E-state index in [0.29, 0.717) is 17.5 Å². The second-order valence-corrected chi connectivity index (χ2v) is 12.7. The van der Waals surface area contributed by atoms with E-state index >= 15 is 0 Å². The van der Waals surface area contributed by atoms with Crippen LogP contribution in [0.25, 0.3) is 62.3 Å². The molecule has 2 atom stereocenters. The van der Waals surface area contributed by atoms with Gasteiger partial charge in [-0.2, -0.15) is 0 Å². The van der Waals surface area contributed by atoms with Crippen molar-refractivity contribution in [2.75, 3.05) is 4.90 Å². The fourth-order valence-electron chi connectivity index (χ4n) is 7.75. The molecule has 3 heterocycles. The van der Waals surface area contributed by atoms with E-state index < -0.39 is 0 Å². The molecule has 0 spiro atoms. The maximum absolute atomic E-state index is 6.76. The van der Waals surface area contributed by atoms with Gasteiger partial charge in [0.1, 0.15) is 11.3 Å². The van der Waals surface area contributed by atoms with Crippen LogP contribution in [-0.2, 0) is 0 Å². The van der Waals surface area contributed by atoms with Gasteiger partial charge in [-0.05, 0) is 53.1 Å². The van der Waals surface area contributed by atoms with Gasteiger partial charge in [0, 0.05) is 44.9 Å². The first-order valence-electron chi connectivity index (χ1n) is 17.0. The van der Waals surface area contributed by atoms with Gasteiger partial charge in [-0.15, -0.1) is 0 Å². The molecule has 1 aliphatic carbocycles. The van der Waals surface area contributed by atoms with Crippen molar-refractivity contribution in [2.24, 2.45) is 0 Å². The van der Waals surface area contributed by atoms with Crippen LogP contribution in [0.2, 0.25) is 0 Å². The highest BCUT2D eigenvalue weighted by atomic mass is 16.3. The van der Waals surface area contributed by atoms with Crippen LogP contribution in [0.3, 0.4) is 0 Å². The molecule has 0 bridgehead atoms. The van der Waals surface area contributed by atoms with Gasteiger partial charge in [-0.1, -0.05) is 133 Å². The molecule has 5 nitrogen and oxygen atoms in total. The van der Waals surface area contributed by atoms with E-state index in [0.717, 1.165) is 55.8 Å². The van der Waals surface area contributed by atoms with Crippen molar-refractivity contribution in [3.63, 3.8) is 0 Å². The molecule has 0 saturated carbocycles. The molecule has 8 aromatic rings. The maximum atomic E-state index is 6.76. The number of nitrogens with zero attached hydrogens (tertiary/aromatic N) is 4. The minimum atomic E-state index is 0.0291. The quantitative estimate of drug-likeness (QED) is 0.187. The van der Waals surface area contributed by atoms with E-state index in [9.17, 15) is 0 Å². The minimum Gasteiger partial charge on any atom is -0.456 e. The molecule has 0 amide bonds. The molecule has 0 N–H and O–H groups in total. The standard InChI is InChI=1S/C45H30N4O/c1-5-15-29(16-6-1)33-25-27-37-42(40(33)45-47-43(30-17-7-2-8-18-30)46-44(48-45)31-19-9-3-10-20-31)41-38(50-37)28-26-36-39(41)34-23-13-14-24-35(34)49(36)32-21-11-4-12-22-32/h1-28,36,39H. The Labute approximate surface area is 289 Å².